The molecule has 0 bridgehead atoms. The minimum Gasteiger partial charge on any atom is -0.370 e. The molecule has 2 aromatic rings. The average Bonchev–Trinajstić information content (AvgIpc) is 3.57. The van der Waals surface area contributed by atoms with Crippen molar-refractivity contribution in [3.63, 3.8) is 0 Å². The zero-order chi connectivity index (χ0) is 26.2. The summed E-state index contributed by atoms with van der Waals surface area (Å²) in [6, 6.07) is 9.05. The number of hydrogen-bond acceptors (Lipinski definition) is 7. The molecule has 0 radical (unpaired) electrons. The summed E-state index contributed by atoms with van der Waals surface area (Å²) in [4.78, 5) is 51.5. The van der Waals surface area contributed by atoms with Crippen LogP contribution >= 0.6 is 11.3 Å². The molecule has 3 atom stereocenters. The Kier molecular flexibility index (Phi) is 9.24. The van der Waals surface area contributed by atoms with Gasteiger partial charge in [0, 0.05) is 30.7 Å². The SMILES string of the molecule is NC(N)=NCCCC(NC(=O)C1CC[C@H]2CN(CCCc3ccccc3)CC(=O)N12)C(=O)c1nccs1. The monoisotopic (exact) mass is 525 g/mol. The number of carbonyl (C=O) groups is 3. The van der Waals surface area contributed by atoms with Gasteiger partial charge in [-0.15, -0.1) is 11.3 Å². The van der Waals surface area contributed by atoms with Crippen molar-refractivity contribution in [3.8, 4) is 0 Å². The number of hydrogen-bond donors (Lipinski definition) is 3. The molecule has 0 saturated carbocycles. The maximum atomic E-state index is 13.3. The number of rotatable bonds is 12. The van der Waals surface area contributed by atoms with Crippen molar-refractivity contribution in [2.75, 3.05) is 26.2 Å². The molecule has 3 heterocycles. The van der Waals surface area contributed by atoms with Gasteiger partial charge in [-0.05, 0) is 50.6 Å². The number of Topliss-reactive ketones (excluding diaryl/α,β-unsaturated/α-hetero) is 1. The Hall–Kier alpha value is -3.31. The lowest BCUT2D eigenvalue weighted by Crippen LogP contribution is -2.59. The Morgan fingerprint density at radius 1 is 1.19 bits per heavy atom. The van der Waals surface area contributed by atoms with Gasteiger partial charge in [-0.3, -0.25) is 24.3 Å². The maximum absolute atomic E-state index is 13.3. The van der Waals surface area contributed by atoms with Gasteiger partial charge < -0.3 is 21.7 Å². The van der Waals surface area contributed by atoms with Crippen LogP contribution in [-0.2, 0) is 16.0 Å². The predicted molar refractivity (Wildman–Crippen MR) is 143 cm³/mol. The molecule has 2 fully saturated rings. The molecule has 2 saturated heterocycles. The molecule has 37 heavy (non-hydrogen) atoms. The lowest BCUT2D eigenvalue weighted by atomic mass is 10.1. The third kappa shape index (κ3) is 7.14. The summed E-state index contributed by atoms with van der Waals surface area (Å²) in [6.07, 6.45) is 5.78. The summed E-state index contributed by atoms with van der Waals surface area (Å²) in [5.74, 6) is -0.562. The Morgan fingerprint density at radius 2 is 2.00 bits per heavy atom. The second-order valence-electron chi connectivity index (χ2n) is 9.58. The zero-order valence-corrected chi connectivity index (χ0v) is 21.7. The first-order valence-electron chi connectivity index (χ1n) is 12.8. The molecule has 2 amide bonds. The summed E-state index contributed by atoms with van der Waals surface area (Å²) >= 11 is 1.24. The van der Waals surface area contributed by atoms with E-state index in [0.717, 1.165) is 32.4 Å². The summed E-state index contributed by atoms with van der Waals surface area (Å²) in [5.41, 5.74) is 12.1. The lowest BCUT2D eigenvalue weighted by molar-refractivity contribution is -0.145. The van der Waals surface area contributed by atoms with Gasteiger partial charge in [-0.2, -0.15) is 0 Å². The number of aromatic nitrogens is 1. The molecule has 1 aromatic carbocycles. The van der Waals surface area contributed by atoms with E-state index < -0.39 is 12.1 Å². The van der Waals surface area contributed by atoms with Crippen molar-refractivity contribution in [2.24, 2.45) is 16.5 Å². The number of ketones is 1. The van der Waals surface area contributed by atoms with E-state index in [0.29, 0.717) is 37.4 Å². The summed E-state index contributed by atoms with van der Waals surface area (Å²) in [6.45, 7) is 2.29. The van der Waals surface area contributed by atoms with Crippen molar-refractivity contribution in [3.05, 3.63) is 52.5 Å². The number of fused-ring (bicyclic) bond motifs is 1. The van der Waals surface area contributed by atoms with Crippen LogP contribution in [0, 0.1) is 0 Å². The average molecular weight is 526 g/mol. The molecular weight excluding hydrogens is 490 g/mol. The largest absolute Gasteiger partial charge is 0.370 e. The highest BCUT2D eigenvalue weighted by Gasteiger charge is 2.45. The topological polar surface area (TPSA) is 147 Å². The van der Waals surface area contributed by atoms with E-state index >= 15 is 0 Å². The van der Waals surface area contributed by atoms with Crippen LogP contribution in [0.25, 0.3) is 0 Å². The molecule has 1 aromatic heterocycles. The number of piperazine rings is 1. The number of nitrogens with one attached hydrogen (secondary N) is 1. The second kappa shape index (κ2) is 12.8. The first-order chi connectivity index (χ1) is 17.9. The number of carbonyl (C=O) groups excluding carboxylic acids is 3. The zero-order valence-electron chi connectivity index (χ0n) is 20.9. The third-order valence-electron chi connectivity index (χ3n) is 6.92. The molecule has 198 valence electrons. The van der Waals surface area contributed by atoms with Crippen LogP contribution in [0.15, 0.2) is 46.9 Å². The van der Waals surface area contributed by atoms with Crippen LogP contribution < -0.4 is 16.8 Å². The molecule has 2 unspecified atom stereocenters. The first kappa shape index (κ1) is 26.7. The van der Waals surface area contributed by atoms with Gasteiger partial charge in [-0.1, -0.05) is 30.3 Å². The van der Waals surface area contributed by atoms with Crippen molar-refractivity contribution >= 4 is 34.9 Å². The van der Waals surface area contributed by atoms with Gasteiger partial charge in [0.15, 0.2) is 11.0 Å². The fraction of sp³-hybridized carbons (Fsp3) is 0.500. The van der Waals surface area contributed by atoms with Gasteiger partial charge in [0.1, 0.15) is 6.04 Å². The quantitative estimate of drug-likeness (QED) is 0.163. The molecule has 11 heteroatoms. The van der Waals surface area contributed by atoms with Gasteiger partial charge in [0.2, 0.25) is 17.6 Å². The third-order valence-corrected chi connectivity index (χ3v) is 7.71. The summed E-state index contributed by atoms with van der Waals surface area (Å²) in [7, 11) is 0. The van der Waals surface area contributed by atoms with Crippen LogP contribution in [-0.4, -0.2) is 82.6 Å². The van der Waals surface area contributed by atoms with E-state index in [1.54, 1.807) is 16.5 Å². The number of thiazole rings is 1. The molecule has 2 aliphatic rings. The summed E-state index contributed by atoms with van der Waals surface area (Å²) < 4.78 is 0. The van der Waals surface area contributed by atoms with E-state index in [4.69, 9.17) is 11.5 Å². The molecule has 0 spiro atoms. The molecule has 10 nitrogen and oxygen atoms in total. The van der Waals surface area contributed by atoms with Crippen LogP contribution in [0.1, 0.15) is 47.5 Å². The number of guanidine groups is 1. The fourth-order valence-electron chi connectivity index (χ4n) is 5.19. The van der Waals surface area contributed by atoms with Crippen LogP contribution in [0.5, 0.6) is 0 Å². The van der Waals surface area contributed by atoms with Gasteiger partial charge in [-0.25, -0.2) is 4.98 Å². The number of nitrogens with zero attached hydrogens (tertiary/aromatic N) is 4. The second-order valence-corrected chi connectivity index (χ2v) is 10.5. The fourth-order valence-corrected chi connectivity index (χ4v) is 5.82. The Labute approximate surface area is 221 Å². The Bertz CT molecular complexity index is 1090. The highest BCUT2D eigenvalue weighted by atomic mass is 32.1. The highest BCUT2D eigenvalue weighted by Crippen LogP contribution is 2.29. The standard InChI is InChI=1S/C26H35N7O3S/c27-26(28)30-12-4-9-20(23(35)25-29-13-15-37-25)31-24(36)21-11-10-19-16-32(17-22(34)33(19)21)14-5-8-18-6-2-1-3-7-18/h1-3,6-7,13,15,19-21H,4-5,8-12,14,16-17H2,(H,31,36)(H4,27,28,30)/t19-,20?,21?/m0/s1. The number of aliphatic imine (C=N–C) groups is 1. The van der Waals surface area contributed by atoms with Crippen LogP contribution in [0.2, 0.25) is 0 Å². The molecule has 5 N–H and O–H groups in total. The molecule has 0 aliphatic carbocycles. The maximum Gasteiger partial charge on any atom is 0.243 e. The highest BCUT2D eigenvalue weighted by molar-refractivity contribution is 7.11. The molecule has 2 aliphatic heterocycles. The van der Waals surface area contributed by atoms with Crippen molar-refractivity contribution < 1.29 is 14.4 Å². The molecular formula is C26H35N7O3S. The van der Waals surface area contributed by atoms with Crippen molar-refractivity contribution in [2.45, 2.75) is 56.7 Å². The van der Waals surface area contributed by atoms with Gasteiger partial charge in [0.05, 0.1) is 12.6 Å². The van der Waals surface area contributed by atoms with Crippen LogP contribution in [0.4, 0.5) is 0 Å². The number of amides is 2. The Balaban J connectivity index is 1.33. The van der Waals surface area contributed by atoms with Gasteiger partial charge >= 0.3 is 0 Å². The van der Waals surface area contributed by atoms with Crippen molar-refractivity contribution in [1.29, 1.82) is 0 Å². The normalized spacial score (nSPS) is 20.3. The minimum absolute atomic E-state index is 0.0125. The number of nitrogens with two attached hydrogens (primary N) is 2. The van der Waals surface area contributed by atoms with Crippen molar-refractivity contribution in [1.82, 2.24) is 20.1 Å². The smallest absolute Gasteiger partial charge is 0.243 e. The first-order valence-corrected chi connectivity index (χ1v) is 13.7. The Morgan fingerprint density at radius 3 is 2.73 bits per heavy atom. The van der Waals surface area contributed by atoms with E-state index in [9.17, 15) is 14.4 Å². The van der Waals surface area contributed by atoms with E-state index in [2.05, 4.69) is 32.3 Å². The van der Waals surface area contributed by atoms with E-state index in [1.807, 2.05) is 18.2 Å². The van der Waals surface area contributed by atoms with E-state index in [1.165, 1.54) is 16.9 Å². The predicted octanol–water partition coefficient (Wildman–Crippen LogP) is 1.17. The number of benzene rings is 1. The minimum atomic E-state index is -0.749. The van der Waals surface area contributed by atoms with Crippen LogP contribution in [0.3, 0.4) is 0 Å². The van der Waals surface area contributed by atoms with Gasteiger partial charge in [0.25, 0.3) is 0 Å². The molecule has 4 rings (SSSR count). The number of aryl methyl sites for hydroxylation is 1. The summed E-state index contributed by atoms with van der Waals surface area (Å²) in [5, 5.41) is 4.98. The van der Waals surface area contributed by atoms with E-state index in [-0.39, 0.29) is 29.6 Å². The lowest BCUT2D eigenvalue weighted by Gasteiger charge is -2.39.